The van der Waals surface area contributed by atoms with Crippen LogP contribution in [0.25, 0.3) is 11.3 Å². The van der Waals surface area contributed by atoms with Crippen molar-refractivity contribution < 1.29 is 34.8 Å². The summed E-state index contributed by atoms with van der Waals surface area (Å²) in [7, 11) is 3.72. The van der Waals surface area contributed by atoms with Gasteiger partial charge in [-0.3, -0.25) is 14.4 Å². The minimum absolute atomic E-state index is 0.0866. The Balaban J connectivity index is 1.70. The number of carbonyl (C=O) groups is 3. The Morgan fingerprint density at radius 2 is 1.88 bits per heavy atom. The number of phenolic OH excluding ortho intramolecular Hbond substituents is 1. The van der Waals surface area contributed by atoms with Crippen LogP contribution in [-0.4, -0.2) is 57.6 Å². The first-order valence-electron chi connectivity index (χ1n) is 14.4. The molecule has 0 aromatic heterocycles. The summed E-state index contributed by atoms with van der Waals surface area (Å²) in [6.07, 6.45) is 9.80. The maximum absolute atomic E-state index is 14.2. The van der Waals surface area contributed by atoms with E-state index in [9.17, 15) is 34.8 Å². The highest BCUT2D eigenvalue weighted by Gasteiger charge is 2.64. The van der Waals surface area contributed by atoms with Crippen molar-refractivity contribution in [1.29, 1.82) is 0 Å². The van der Waals surface area contributed by atoms with Gasteiger partial charge in [-0.2, -0.15) is 0 Å². The minimum atomic E-state index is -2.62. The van der Waals surface area contributed by atoms with Crippen molar-refractivity contribution in [3.8, 4) is 5.75 Å². The lowest BCUT2D eigenvalue weighted by Crippen LogP contribution is -2.62. The molecule has 1 aromatic rings. The number of Topliss-reactive ketones (excluding diaryl/α,β-unsaturated/α-hetero) is 2. The lowest BCUT2D eigenvalue weighted by atomic mass is 9.54. The average Bonchev–Trinajstić information content (AvgIpc) is 3.37. The van der Waals surface area contributed by atoms with Crippen LogP contribution in [0.3, 0.4) is 0 Å². The molecule has 42 heavy (non-hydrogen) atoms. The predicted molar refractivity (Wildman–Crippen MR) is 160 cm³/mol. The highest BCUT2D eigenvalue weighted by atomic mass is 16.3. The smallest absolute Gasteiger partial charge is 0.255 e. The molecule has 0 spiro atoms. The van der Waals surface area contributed by atoms with E-state index in [0.29, 0.717) is 17.5 Å². The third-order valence-corrected chi connectivity index (χ3v) is 9.23. The number of rotatable bonds is 6. The Hall–Kier alpha value is -4.11. The summed E-state index contributed by atoms with van der Waals surface area (Å²) < 4.78 is 0. The van der Waals surface area contributed by atoms with Gasteiger partial charge in [0.1, 0.15) is 22.8 Å². The molecule has 0 saturated heterocycles. The fourth-order valence-corrected chi connectivity index (χ4v) is 7.29. The molecule has 0 heterocycles. The Labute approximate surface area is 245 Å². The lowest BCUT2D eigenvalue weighted by molar-refractivity contribution is -0.155. The number of hydrogen-bond donors (Lipinski definition) is 5. The number of aliphatic hydroxyl groups excluding tert-OH is 2. The van der Waals surface area contributed by atoms with Crippen molar-refractivity contribution in [1.82, 2.24) is 0 Å². The van der Waals surface area contributed by atoms with E-state index in [1.54, 1.807) is 13.8 Å². The first-order valence-corrected chi connectivity index (χ1v) is 14.4. The summed E-state index contributed by atoms with van der Waals surface area (Å²) >= 11 is 0. The number of nitrogens with two attached hydrogens (primary N) is 1. The number of amides is 1. The number of anilines is 1. The molecule has 0 bridgehead atoms. The SMILES string of the molecule is CC/C=C/C1=CC=C(c2cc(N(C)C)c3c(c2O)C(O)=C2C(=O)[C@]4(O)C(O)=C(C(N)=O)C(=O)[C@@H](C(C)C)[C@@H]4C[C@@H]2C3)C1. The zero-order chi connectivity index (χ0) is 30.8. The number of carbonyl (C=O) groups excluding carboxylic acids is 3. The topological polar surface area (TPSA) is 161 Å². The van der Waals surface area contributed by atoms with Gasteiger partial charge < -0.3 is 31.1 Å². The van der Waals surface area contributed by atoms with Crippen LogP contribution in [0.2, 0.25) is 0 Å². The van der Waals surface area contributed by atoms with E-state index < -0.39 is 57.9 Å². The van der Waals surface area contributed by atoms with Crippen molar-refractivity contribution >= 4 is 34.5 Å². The number of ketones is 2. The van der Waals surface area contributed by atoms with Crippen molar-refractivity contribution in [2.24, 2.45) is 29.4 Å². The third kappa shape index (κ3) is 4.13. The quantitative estimate of drug-likeness (QED) is 0.318. The van der Waals surface area contributed by atoms with Crippen LogP contribution >= 0.6 is 0 Å². The Morgan fingerprint density at radius 3 is 2.48 bits per heavy atom. The number of benzene rings is 1. The second-order valence-corrected chi connectivity index (χ2v) is 12.3. The molecule has 0 unspecified atom stereocenters. The maximum atomic E-state index is 14.2. The average molecular weight is 575 g/mol. The largest absolute Gasteiger partial charge is 0.508 e. The number of fused-ring (bicyclic) bond motifs is 3. The van der Waals surface area contributed by atoms with Crippen molar-refractivity contribution in [3.05, 3.63) is 69.5 Å². The van der Waals surface area contributed by atoms with Crippen LogP contribution in [-0.2, 0) is 20.8 Å². The number of aromatic hydroxyl groups is 1. The van der Waals surface area contributed by atoms with E-state index in [0.717, 1.165) is 23.3 Å². The van der Waals surface area contributed by atoms with Crippen LogP contribution in [0, 0.1) is 23.7 Å². The summed E-state index contributed by atoms with van der Waals surface area (Å²) in [5.74, 6) is -7.64. The summed E-state index contributed by atoms with van der Waals surface area (Å²) in [6, 6.07) is 1.88. The predicted octanol–water partition coefficient (Wildman–Crippen LogP) is 4.05. The van der Waals surface area contributed by atoms with E-state index in [1.165, 1.54) is 0 Å². The summed E-state index contributed by atoms with van der Waals surface area (Å²) in [5, 5.41) is 46.2. The van der Waals surface area contributed by atoms with Crippen molar-refractivity contribution in [2.75, 3.05) is 19.0 Å². The molecule has 0 aliphatic heterocycles. The number of phenols is 1. The van der Waals surface area contributed by atoms with Gasteiger partial charge in [-0.05, 0) is 60.3 Å². The highest BCUT2D eigenvalue weighted by molar-refractivity contribution is 6.23. The normalized spacial score (nSPS) is 27.3. The second-order valence-electron chi connectivity index (χ2n) is 12.3. The molecular weight excluding hydrogens is 536 g/mol. The van der Waals surface area contributed by atoms with E-state index in [-0.39, 0.29) is 35.6 Å². The van der Waals surface area contributed by atoms with E-state index in [2.05, 4.69) is 6.08 Å². The van der Waals surface area contributed by atoms with Gasteiger partial charge in [0.2, 0.25) is 5.78 Å². The Kier molecular flexibility index (Phi) is 7.21. The fourth-order valence-electron chi connectivity index (χ4n) is 7.29. The third-order valence-electron chi connectivity index (χ3n) is 9.23. The number of aliphatic hydroxyl groups is 3. The molecule has 5 rings (SSSR count). The lowest BCUT2D eigenvalue weighted by Gasteiger charge is -2.50. The van der Waals surface area contributed by atoms with Gasteiger partial charge in [0.25, 0.3) is 5.91 Å². The summed E-state index contributed by atoms with van der Waals surface area (Å²) in [4.78, 5) is 41.6. The van der Waals surface area contributed by atoms with Gasteiger partial charge >= 0.3 is 0 Å². The molecule has 4 aliphatic rings. The molecular formula is C33H38N2O7. The molecule has 4 atom stereocenters. The maximum Gasteiger partial charge on any atom is 0.255 e. The molecule has 1 fully saturated rings. The Bertz CT molecular complexity index is 1570. The number of primary amides is 1. The molecule has 1 amide bonds. The molecule has 222 valence electrons. The number of nitrogens with zero attached hydrogens (tertiary/aromatic N) is 1. The van der Waals surface area contributed by atoms with Crippen LogP contribution in [0.5, 0.6) is 5.75 Å². The molecule has 1 saturated carbocycles. The van der Waals surface area contributed by atoms with Gasteiger partial charge in [-0.15, -0.1) is 0 Å². The molecule has 1 aromatic carbocycles. The van der Waals surface area contributed by atoms with Gasteiger partial charge in [-0.1, -0.05) is 45.1 Å². The number of hydrogen-bond acceptors (Lipinski definition) is 8. The monoisotopic (exact) mass is 574 g/mol. The molecule has 6 N–H and O–H groups in total. The first kappa shape index (κ1) is 29.4. The molecule has 4 aliphatic carbocycles. The van der Waals surface area contributed by atoms with E-state index in [1.807, 2.05) is 50.2 Å². The van der Waals surface area contributed by atoms with Crippen LogP contribution in [0.1, 0.15) is 56.7 Å². The highest BCUT2D eigenvalue weighted by Crippen LogP contribution is 2.56. The fraction of sp³-hybridized carbons (Fsp3) is 0.424. The summed E-state index contributed by atoms with van der Waals surface area (Å²) in [6.45, 7) is 5.53. The molecule has 0 radical (unpaired) electrons. The first-order chi connectivity index (χ1) is 19.7. The zero-order valence-corrected chi connectivity index (χ0v) is 24.6. The van der Waals surface area contributed by atoms with Crippen molar-refractivity contribution in [3.63, 3.8) is 0 Å². The van der Waals surface area contributed by atoms with Crippen molar-refractivity contribution in [2.45, 2.75) is 52.1 Å². The summed E-state index contributed by atoms with van der Waals surface area (Å²) in [5.41, 5.74) is 5.81. The molecule has 9 nitrogen and oxygen atoms in total. The van der Waals surface area contributed by atoms with Gasteiger partial charge in [0.15, 0.2) is 11.4 Å². The van der Waals surface area contributed by atoms with Gasteiger partial charge in [0.05, 0.1) is 5.56 Å². The minimum Gasteiger partial charge on any atom is -0.508 e. The molecule has 9 heteroatoms. The van der Waals surface area contributed by atoms with Crippen LogP contribution < -0.4 is 10.6 Å². The Morgan fingerprint density at radius 1 is 1.19 bits per heavy atom. The standard InChI is InChI=1S/C33H38N2O7/c1-6-7-8-16-9-10-17(11-16)19-14-22(35(4)5)20-12-18-13-21-23(15(2)3)28(37)26(32(34)41)31(40)33(21,42)30(39)24(18)29(38)25(20)27(19)36/h7-10,14-15,18,21,23,36,38,40,42H,6,11-13H2,1-5H3,(H2,34,41)/b8-7+/t18-,21-,23-,33-/m0/s1. The second kappa shape index (κ2) is 10.3. The van der Waals surface area contributed by atoms with Gasteiger partial charge in [-0.25, -0.2) is 0 Å². The van der Waals surface area contributed by atoms with E-state index in [4.69, 9.17) is 5.73 Å². The van der Waals surface area contributed by atoms with Crippen LogP contribution in [0.4, 0.5) is 5.69 Å². The van der Waals surface area contributed by atoms with E-state index >= 15 is 0 Å². The van der Waals surface area contributed by atoms with Crippen LogP contribution in [0.15, 0.2) is 52.8 Å². The zero-order valence-electron chi connectivity index (χ0n) is 24.6. The number of allylic oxidation sites excluding steroid dienone is 6. The van der Waals surface area contributed by atoms with Gasteiger partial charge in [0, 0.05) is 42.8 Å².